The molecular weight excluding hydrogens is 392 g/mol. The number of imide groups is 1. The molecule has 0 bridgehead atoms. The number of amides is 2. The predicted octanol–water partition coefficient (Wildman–Crippen LogP) is 2.66. The smallest absolute Gasteiger partial charge is 0.278 e. The zero-order chi connectivity index (χ0) is 22.0. The van der Waals surface area contributed by atoms with E-state index in [4.69, 9.17) is 4.74 Å². The summed E-state index contributed by atoms with van der Waals surface area (Å²) in [6.07, 6.45) is 0. The first-order chi connectivity index (χ1) is 15.0. The molecule has 2 amide bonds. The third kappa shape index (κ3) is 4.14. The van der Waals surface area contributed by atoms with E-state index < -0.39 is 0 Å². The van der Waals surface area contributed by atoms with Gasteiger partial charge in [-0.15, -0.1) is 0 Å². The zero-order valence-corrected chi connectivity index (χ0v) is 18.2. The van der Waals surface area contributed by atoms with Crippen LogP contribution in [0.5, 0.6) is 5.75 Å². The highest BCUT2D eigenvalue weighted by Gasteiger charge is 2.38. The van der Waals surface area contributed by atoms with Crippen molar-refractivity contribution in [2.75, 3.05) is 57.1 Å². The Bertz CT molecular complexity index is 990. The summed E-state index contributed by atoms with van der Waals surface area (Å²) >= 11 is 0. The Morgan fingerprint density at radius 3 is 2.13 bits per heavy atom. The molecule has 0 unspecified atom stereocenters. The Morgan fingerprint density at radius 2 is 1.55 bits per heavy atom. The molecule has 162 valence electrons. The van der Waals surface area contributed by atoms with Gasteiger partial charge in [-0.1, -0.05) is 12.1 Å². The predicted molar refractivity (Wildman–Crippen MR) is 122 cm³/mol. The molecule has 0 atom stereocenters. The number of rotatable bonds is 6. The summed E-state index contributed by atoms with van der Waals surface area (Å²) < 4.78 is 5.21. The molecule has 1 N–H and O–H groups in total. The van der Waals surface area contributed by atoms with Gasteiger partial charge in [0.25, 0.3) is 11.8 Å². The van der Waals surface area contributed by atoms with Gasteiger partial charge in [0.1, 0.15) is 11.4 Å². The molecule has 0 radical (unpaired) electrons. The Balaban J connectivity index is 1.61. The quantitative estimate of drug-likeness (QED) is 0.725. The van der Waals surface area contributed by atoms with Crippen LogP contribution in [0.15, 0.2) is 54.2 Å². The van der Waals surface area contributed by atoms with Crippen molar-refractivity contribution in [1.29, 1.82) is 0 Å². The van der Waals surface area contributed by atoms with Crippen LogP contribution in [-0.2, 0) is 9.59 Å². The zero-order valence-electron chi connectivity index (χ0n) is 18.2. The first-order valence-corrected chi connectivity index (χ1v) is 10.6. The summed E-state index contributed by atoms with van der Waals surface area (Å²) in [7, 11) is 3.73. The molecule has 0 saturated carbocycles. The fourth-order valence-electron chi connectivity index (χ4n) is 3.97. The van der Waals surface area contributed by atoms with E-state index in [-0.39, 0.29) is 11.8 Å². The lowest BCUT2D eigenvalue weighted by atomic mass is 10.0. The van der Waals surface area contributed by atoms with E-state index in [0.29, 0.717) is 29.1 Å². The Kier molecular flexibility index (Phi) is 5.95. The molecule has 2 aromatic rings. The van der Waals surface area contributed by atoms with Crippen LogP contribution < -0.4 is 15.0 Å². The van der Waals surface area contributed by atoms with Gasteiger partial charge in [-0.05, 0) is 55.9 Å². The van der Waals surface area contributed by atoms with Gasteiger partial charge in [0.05, 0.1) is 12.7 Å². The number of hydrogen-bond acceptors (Lipinski definition) is 6. The Morgan fingerprint density at radius 1 is 0.903 bits per heavy atom. The van der Waals surface area contributed by atoms with E-state index in [1.165, 1.54) is 4.90 Å². The summed E-state index contributed by atoms with van der Waals surface area (Å²) in [5.74, 6) is 0.109. The van der Waals surface area contributed by atoms with Crippen molar-refractivity contribution in [1.82, 2.24) is 9.80 Å². The lowest BCUT2D eigenvalue weighted by molar-refractivity contribution is -0.136. The van der Waals surface area contributed by atoms with E-state index in [1.807, 2.05) is 12.1 Å². The van der Waals surface area contributed by atoms with Crippen molar-refractivity contribution in [2.45, 2.75) is 6.92 Å². The number of nitrogens with one attached hydrogen (secondary N) is 1. The molecule has 2 aliphatic heterocycles. The maximum atomic E-state index is 13.0. The minimum atomic E-state index is -0.304. The average Bonchev–Trinajstić information content (AvgIpc) is 3.03. The van der Waals surface area contributed by atoms with Crippen molar-refractivity contribution in [2.24, 2.45) is 0 Å². The normalized spacial score (nSPS) is 17.5. The maximum absolute atomic E-state index is 13.0. The summed E-state index contributed by atoms with van der Waals surface area (Å²) in [6.45, 7) is 6.20. The van der Waals surface area contributed by atoms with Crippen molar-refractivity contribution < 1.29 is 14.3 Å². The average molecular weight is 421 g/mol. The number of carbonyl (C=O) groups is 2. The van der Waals surface area contributed by atoms with Crippen LogP contribution in [0, 0.1) is 0 Å². The van der Waals surface area contributed by atoms with Crippen LogP contribution >= 0.6 is 0 Å². The molecule has 0 aromatic heterocycles. The van der Waals surface area contributed by atoms with E-state index in [2.05, 4.69) is 34.3 Å². The maximum Gasteiger partial charge on any atom is 0.278 e. The molecule has 1 saturated heterocycles. The minimum absolute atomic E-state index is 0.283. The molecule has 7 heteroatoms. The summed E-state index contributed by atoms with van der Waals surface area (Å²) in [5.41, 5.74) is 3.32. The standard InChI is InChI=1S/C24H28N4O3/c1-4-28-23(29)21(17-5-11-20(31-3)12-6-17)22(24(28)30)25-18-7-9-19(10-8-18)27-15-13-26(2)14-16-27/h5-12,25H,4,13-16H2,1-3H3. The minimum Gasteiger partial charge on any atom is -0.497 e. The second-order valence-electron chi connectivity index (χ2n) is 7.80. The third-order valence-electron chi connectivity index (χ3n) is 5.87. The van der Waals surface area contributed by atoms with Gasteiger partial charge in [-0.25, -0.2) is 0 Å². The number of hydrogen-bond donors (Lipinski definition) is 1. The van der Waals surface area contributed by atoms with Crippen LogP contribution in [0.2, 0.25) is 0 Å². The summed E-state index contributed by atoms with van der Waals surface area (Å²) in [4.78, 5) is 31.8. The number of piperazine rings is 1. The number of methoxy groups -OCH3 is 1. The summed E-state index contributed by atoms with van der Waals surface area (Å²) in [6, 6.07) is 15.2. The Labute approximate surface area is 182 Å². The second-order valence-corrected chi connectivity index (χ2v) is 7.80. The molecule has 2 heterocycles. The lowest BCUT2D eigenvalue weighted by Crippen LogP contribution is -2.44. The SMILES string of the molecule is CCN1C(=O)C(Nc2ccc(N3CCN(C)CC3)cc2)=C(c2ccc(OC)cc2)C1=O. The van der Waals surface area contributed by atoms with Gasteiger partial charge in [0, 0.05) is 44.1 Å². The molecule has 1 fully saturated rings. The van der Waals surface area contributed by atoms with Crippen LogP contribution in [0.3, 0.4) is 0 Å². The number of nitrogens with zero attached hydrogens (tertiary/aromatic N) is 3. The van der Waals surface area contributed by atoms with Crippen molar-refractivity contribution >= 4 is 28.8 Å². The van der Waals surface area contributed by atoms with Crippen LogP contribution in [-0.4, -0.2) is 68.5 Å². The third-order valence-corrected chi connectivity index (χ3v) is 5.87. The number of benzene rings is 2. The van der Waals surface area contributed by atoms with Crippen molar-refractivity contribution in [3.63, 3.8) is 0 Å². The number of likely N-dealkylation sites (N-methyl/N-ethyl adjacent to an activating group) is 2. The van der Waals surface area contributed by atoms with Crippen molar-refractivity contribution in [3.8, 4) is 5.75 Å². The van der Waals surface area contributed by atoms with Gasteiger partial charge in [-0.2, -0.15) is 0 Å². The molecule has 2 aromatic carbocycles. The molecule has 7 nitrogen and oxygen atoms in total. The largest absolute Gasteiger partial charge is 0.497 e. The van der Waals surface area contributed by atoms with Crippen LogP contribution in [0.4, 0.5) is 11.4 Å². The van der Waals surface area contributed by atoms with Crippen molar-refractivity contribution in [3.05, 3.63) is 59.8 Å². The lowest BCUT2D eigenvalue weighted by Gasteiger charge is -2.34. The van der Waals surface area contributed by atoms with Gasteiger partial charge in [0.15, 0.2) is 0 Å². The number of carbonyl (C=O) groups excluding carboxylic acids is 2. The first kappa shape index (κ1) is 20.9. The number of ether oxygens (including phenoxy) is 1. The molecule has 2 aliphatic rings. The highest BCUT2D eigenvalue weighted by atomic mass is 16.5. The van der Waals surface area contributed by atoms with E-state index in [9.17, 15) is 9.59 Å². The van der Waals surface area contributed by atoms with Gasteiger partial charge in [-0.3, -0.25) is 14.5 Å². The highest BCUT2D eigenvalue weighted by Crippen LogP contribution is 2.31. The van der Waals surface area contributed by atoms with E-state index in [0.717, 1.165) is 37.6 Å². The molecule has 0 aliphatic carbocycles. The van der Waals surface area contributed by atoms with Gasteiger partial charge >= 0.3 is 0 Å². The summed E-state index contributed by atoms with van der Waals surface area (Å²) in [5, 5.41) is 3.21. The Hall–Kier alpha value is -3.32. The molecule has 0 spiro atoms. The highest BCUT2D eigenvalue weighted by molar-refractivity contribution is 6.36. The first-order valence-electron chi connectivity index (χ1n) is 10.6. The van der Waals surface area contributed by atoms with Gasteiger partial charge in [0.2, 0.25) is 0 Å². The molecule has 4 rings (SSSR count). The monoisotopic (exact) mass is 420 g/mol. The fraction of sp³-hybridized carbons (Fsp3) is 0.333. The van der Waals surface area contributed by atoms with Crippen LogP contribution in [0.25, 0.3) is 5.57 Å². The van der Waals surface area contributed by atoms with E-state index in [1.54, 1.807) is 38.3 Å². The second kappa shape index (κ2) is 8.81. The van der Waals surface area contributed by atoms with Gasteiger partial charge < -0.3 is 19.9 Å². The molecular formula is C24H28N4O3. The topological polar surface area (TPSA) is 65.1 Å². The number of anilines is 2. The molecule has 31 heavy (non-hydrogen) atoms. The fourth-order valence-corrected chi connectivity index (χ4v) is 3.97. The van der Waals surface area contributed by atoms with Crippen LogP contribution in [0.1, 0.15) is 12.5 Å². The van der Waals surface area contributed by atoms with E-state index >= 15 is 0 Å².